The maximum Gasteiger partial charge on any atom is 0.253 e. The van der Waals surface area contributed by atoms with E-state index in [2.05, 4.69) is 15.0 Å². The summed E-state index contributed by atoms with van der Waals surface area (Å²) in [5.41, 5.74) is 12.9. The van der Waals surface area contributed by atoms with Crippen LogP contribution in [0.2, 0.25) is 10.0 Å². The molecule has 1 aromatic heterocycles. The predicted octanol–water partition coefficient (Wildman–Crippen LogP) is 3.51. The van der Waals surface area contributed by atoms with Gasteiger partial charge >= 0.3 is 0 Å². The van der Waals surface area contributed by atoms with Gasteiger partial charge < -0.3 is 11.5 Å². The Morgan fingerprint density at radius 2 is 1.77 bits per heavy atom. The largest absolute Gasteiger partial charge is 0.370 e. The highest BCUT2D eigenvalue weighted by Gasteiger charge is 2.12. The van der Waals surface area contributed by atoms with Crippen molar-refractivity contribution in [2.75, 3.05) is 0 Å². The molecule has 3 aromatic rings. The normalized spacial score (nSPS) is 10.6. The molecule has 0 radical (unpaired) electrons. The van der Waals surface area contributed by atoms with E-state index >= 15 is 0 Å². The molecule has 1 heterocycles. The average Bonchev–Trinajstić information content (AvgIpc) is 2.47. The van der Waals surface area contributed by atoms with Crippen molar-refractivity contribution < 1.29 is 0 Å². The minimum absolute atomic E-state index is 0.113. The standard InChI is InChI=1S/C15H11Cl2N5/c16-8-5-6-12-10(7-8)13(9-3-1-2-4-11(9)17)21-15(20-12)22-14(18)19/h1-7H,(H4,18,19,20,21,22). The summed E-state index contributed by atoms with van der Waals surface area (Å²) in [7, 11) is 0. The van der Waals surface area contributed by atoms with Crippen LogP contribution in [-0.4, -0.2) is 15.9 Å². The van der Waals surface area contributed by atoms with Crippen LogP contribution in [0.15, 0.2) is 47.5 Å². The number of hydrogen-bond acceptors (Lipinski definition) is 3. The lowest BCUT2D eigenvalue weighted by Gasteiger charge is -2.09. The highest BCUT2D eigenvalue weighted by atomic mass is 35.5. The molecular formula is C15H11Cl2N5. The maximum atomic E-state index is 6.28. The number of benzene rings is 2. The first kappa shape index (κ1) is 14.6. The molecule has 110 valence electrons. The highest BCUT2D eigenvalue weighted by Crippen LogP contribution is 2.33. The van der Waals surface area contributed by atoms with Gasteiger partial charge in [0.1, 0.15) is 0 Å². The fourth-order valence-electron chi connectivity index (χ4n) is 2.11. The Bertz CT molecular complexity index is 888. The summed E-state index contributed by atoms with van der Waals surface area (Å²) >= 11 is 12.4. The minimum atomic E-state index is -0.113. The molecule has 0 aliphatic rings. The zero-order valence-corrected chi connectivity index (χ0v) is 12.8. The number of rotatable bonds is 2. The summed E-state index contributed by atoms with van der Waals surface area (Å²) in [4.78, 5) is 12.6. The number of guanidine groups is 1. The van der Waals surface area contributed by atoms with E-state index in [1.807, 2.05) is 18.2 Å². The summed E-state index contributed by atoms with van der Waals surface area (Å²) in [6, 6.07) is 12.7. The summed E-state index contributed by atoms with van der Waals surface area (Å²) in [5, 5.41) is 1.92. The molecule has 2 aromatic carbocycles. The van der Waals surface area contributed by atoms with E-state index in [0.717, 1.165) is 10.9 Å². The smallest absolute Gasteiger partial charge is 0.253 e. The molecule has 0 amide bonds. The molecular weight excluding hydrogens is 321 g/mol. The zero-order chi connectivity index (χ0) is 15.7. The van der Waals surface area contributed by atoms with Crippen molar-refractivity contribution in [3.63, 3.8) is 0 Å². The molecule has 5 nitrogen and oxygen atoms in total. The molecule has 0 fully saturated rings. The van der Waals surface area contributed by atoms with Gasteiger partial charge in [-0.15, -0.1) is 0 Å². The molecule has 0 atom stereocenters. The SMILES string of the molecule is NC(N)=Nc1nc(-c2ccccc2Cl)c2cc(Cl)ccc2n1. The van der Waals surface area contributed by atoms with Gasteiger partial charge in [-0.3, -0.25) is 0 Å². The van der Waals surface area contributed by atoms with Crippen molar-refractivity contribution in [3.8, 4) is 11.3 Å². The van der Waals surface area contributed by atoms with Gasteiger partial charge in [0.2, 0.25) is 0 Å². The third-order valence-corrected chi connectivity index (χ3v) is 3.57. The fourth-order valence-corrected chi connectivity index (χ4v) is 2.51. The van der Waals surface area contributed by atoms with Crippen LogP contribution in [-0.2, 0) is 0 Å². The van der Waals surface area contributed by atoms with Crippen LogP contribution in [0.4, 0.5) is 5.95 Å². The van der Waals surface area contributed by atoms with Crippen molar-refractivity contribution >= 4 is 46.0 Å². The highest BCUT2D eigenvalue weighted by molar-refractivity contribution is 6.34. The average molecular weight is 332 g/mol. The number of nitrogens with two attached hydrogens (primary N) is 2. The second kappa shape index (κ2) is 5.79. The Morgan fingerprint density at radius 1 is 1.00 bits per heavy atom. The van der Waals surface area contributed by atoms with Gasteiger partial charge in [-0.25, -0.2) is 9.97 Å². The molecule has 0 bridgehead atoms. The van der Waals surface area contributed by atoms with Gasteiger partial charge in [-0.2, -0.15) is 4.99 Å². The van der Waals surface area contributed by atoms with Gasteiger partial charge in [-0.05, 0) is 24.3 Å². The van der Waals surface area contributed by atoms with Crippen molar-refractivity contribution in [3.05, 3.63) is 52.5 Å². The van der Waals surface area contributed by atoms with Gasteiger partial charge in [0.05, 0.1) is 11.2 Å². The maximum absolute atomic E-state index is 6.28. The Balaban J connectivity index is 2.37. The predicted molar refractivity (Wildman–Crippen MR) is 90.5 cm³/mol. The van der Waals surface area contributed by atoms with Gasteiger partial charge in [0.15, 0.2) is 5.96 Å². The molecule has 0 saturated carbocycles. The van der Waals surface area contributed by atoms with Gasteiger partial charge in [0, 0.05) is 21.0 Å². The molecule has 0 aliphatic heterocycles. The first-order valence-corrected chi connectivity index (χ1v) is 7.12. The number of fused-ring (bicyclic) bond motifs is 1. The first-order valence-electron chi connectivity index (χ1n) is 6.36. The molecule has 4 N–H and O–H groups in total. The van der Waals surface area contributed by atoms with E-state index in [0.29, 0.717) is 21.3 Å². The molecule has 0 unspecified atom stereocenters. The molecule has 0 aliphatic carbocycles. The molecule has 7 heteroatoms. The van der Waals surface area contributed by atoms with Crippen molar-refractivity contribution in [1.82, 2.24) is 9.97 Å². The Morgan fingerprint density at radius 3 is 2.50 bits per heavy atom. The summed E-state index contributed by atoms with van der Waals surface area (Å²) in [6.45, 7) is 0. The Kier molecular flexibility index (Phi) is 3.83. The van der Waals surface area contributed by atoms with Crippen molar-refractivity contribution in [2.45, 2.75) is 0 Å². The molecule has 22 heavy (non-hydrogen) atoms. The topological polar surface area (TPSA) is 90.2 Å². The number of aromatic nitrogens is 2. The van der Waals surface area contributed by atoms with Crippen LogP contribution in [0.1, 0.15) is 0 Å². The van der Waals surface area contributed by atoms with E-state index in [1.165, 1.54) is 0 Å². The van der Waals surface area contributed by atoms with Gasteiger partial charge in [-0.1, -0.05) is 41.4 Å². The first-order chi connectivity index (χ1) is 10.5. The molecule has 0 saturated heterocycles. The van der Waals surface area contributed by atoms with Crippen LogP contribution < -0.4 is 11.5 Å². The molecule has 3 rings (SSSR count). The van der Waals surface area contributed by atoms with E-state index < -0.39 is 0 Å². The lowest BCUT2D eigenvalue weighted by molar-refractivity contribution is 1.17. The Hall–Kier alpha value is -2.37. The lowest BCUT2D eigenvalue weighted by atomic mass is 10.1. The number of aliphatic imine (C=N–C) groups is 1. The van der Waals surface area contributed by atoms with Crippen LogP contribution in [0.25, 0.3) is 22.2 Å². The van der Waals surface area contributed by atoms with Crippen molar-refractivity contribution in [2.24, 2.45) is 16.5 Å². The summed E-state index contributed by atoms with van der Waals surface area (Å²) < 4.78 is 0. The zero-order valence-electron chi connectivity index (χ0n) is 11.3. The van der Waals surface area contributed by atoms with E-state index in [-0.39, 0.29) is 11.9 Å². The summed E-state index contributed by atoms with van der Waals surface area (Å²) in [6.07, 6.45) is 0. The minimum Gasteiger partial charge on any atom is -0.370 e. The van der Waals surface area contributed by atoms with Crippen LogP contribution in [0.3, 0.4) is 0 Å². The number of hydrogen-bond donors (Lipinski definition) is 2. The van der Waals surface area contributed by atoms with Crippen LogP contribution in [0.5, 0.6) is 0 Å². The van der Waals surface area contributed by atoms with E-state index in [9.17, 15) is 0 Å². The third kappa shape index (κ3) is 2.81. The Labute approximate surface area is 136 Å². The van der Waals surface area contributed by atoms with Crippen LogP contribution >= 0.6 is 23.2 Å². The van der Waals surface area contributed by atoms with E-state index in [1.54, 1.807) is 24.3 Å². The third-order valence-electron chi connectivity index (χ3n) is 3.00. The van der Waals surface area contributed by atoms with Gasteiger partial charge in [0.25, 0.3) is 5.95 Å². The van der Waals surface area contributed by atoms with Crippen molar-refractivity contribution in [1.29, 1.82) is 0 Å². The monoisotopic (exact) mass is 331 g/mol. The van der Waals surface area contributed by atoms with Crippen LogP contribution in [0, 0.1) is 0 Å². The number of halogens is 2. The fraction of sp³-hybridized carbons (Fsp3) is 0. The number of nitrogens with zero attached hydrogens (tertiary/aromatic N) is 3. The molecule has 0 spiro atoms. The second-order valence-electron chi connectivity index (χ2n) is 4.55. The van der Waals surface area contributed by atoms with E-state index in [4.69, 9.17) is 34.7 Å². The summed E-state index contributed by atoms with van der Waals surface area (Å²) in [5.74, 6) is 0.0585. The lowest BCUT2D eigenvalue weighted by Crippen LogP contribution is -2.22. The quantitative estimate of drug-likeness (QED) is 0.555. The second-order valence-corrected chi connectivity index (χ2v) is 5.39.